The molecule has 0 radical (unpaired) electrons. The summed E-state index contributed by atoms with van der Waals surface area (Å²) in [4.78, 5) is 25.2. The molecule has 1 aromatic rings. The Kier molecular flexibility index (Phi) is 3.84. The first-order valence-electron chi connectivity index (χ1n) is 5.64. The van der Waals surface area contributed by atoms with Crippen LogP contribution in [0, 0.1) is 6.92 Å². The number of hydrogen-bond donors (Lipinski definition) is 1. The van der Waals surface area contributed by atoms with E-state index in [9.17, 15) is 9.59 Å². The predicted molar refractivity (Wildman–Crippen MR) is 72.9 cm³/mol. The number of carbonyl (C=O) groups excluding carboxylic acids is 2. The summed E-state index contributed by atoms with van der Waals surface area (Å²) in [6, 6.07) is 7.78. The van der Waals surface area contributed by atoms with Gasteiger partial charge in [-0.3, -0.25) is 14.5 Å². The molecule has 1 aliphatic heterocycles. The van der Waals surface area contributed by atoms with Crippen LogP contribution in [0.1, 0.15) is 11.1 Å². The maximum atomic E-state index is 11.9. The third-order valence-corrected chi connectivity index (χ3v) is 3.51. The molecule has 0 saturated carbocycles. The number of nitrogens with two attached hydrogens (primary N) is 1. The van der Waals surface area contributed by atoms with Gasteiger partial charge in [0, 0.05) is 13.1 Å². The molecule has 1 fully saturated rings. The number of hydrogen-bond acceptors (Lipinski definition) is 4. The van der Waals surface area contributed by atoms with Crippen molar-refractivity contribution in [1.29, 1.82) is 0 Å². The van der Waals surface area contributed by atoms with Crippen molar-refractivity contribution in [3.63, 3.8) is 0 Å². The smallest absolute Gasteiger partial charge is 0.293 e. The first kappa shape index (κ1) is 12.9. The van der Waals surface area contributed by atoms with Gasteiger partial charge in [-0.25, -0.2) is 0 Å². The van der Waals surface area contributed by atoms with Crippen molar-refractivity contribution in [2.24, 2.45) is 5.73 Å². The van der Waals surface area contributed by atoms with E-state index in [2.05, 4.69) is 0 Å². The van der Waals surface area contributed by atoms with E-state index in [0.717, 1.165) is 22.9 Å². The molecule has 5 heteroatoms. The molecule has 0 spiro atoms. The van der Waals surface area contributed by atoms with Gasteiger partial charge in [-0.15, -0.1) is 0 Å². The number of rotatable bonds is 3. The van der Waals surface area contributed by atoms with Crippen LogP contribution >= 0.6 is 11.8 Å². The summed E-state index contributed by atoms with van der Waals surface area (Å²) < 4.78 is 0. The molecule has 0 unspecified atom stereocenters. The molecule has 2 rings (SSSR count). The van der Waals surface area contributed by atoms with Crippen LogP contribution in [0.5, 0.6) is 0 Å². The van der Waals surface area contributed by atoms with Gasteiger partial charge in [-0.2, -0.15) is 0 Å². The van der Waals surface area contributed by atoms with E-state index in [1.165, 1.54) is 4.90 Å². The third kappa shape index (κ3) is 2.63. The Balaban J connectivity index is 2.22. The van der Waals surface area contributed by atoms with Crippen LogP contribution in [0.15, 0.2) is 29.2 Å². The lowest BCUT2D eigenvalue weighted by Crippen LogP contribution is -2.33. The van der Waals surface area contributed by atoms with Crippen LogP contribution in [0.4, 0.5) is 4.79 Å². The van der Waals surface area contributed by atoms with Gasteiger partial charge in [0.2, 0.25) is 0 Å². The minimum Gasteiger partial charge on any atom is -0.329 e. The molecule has 1 saturated heterocycles. The molecule has 4 nitrogen and oxygen atoms in total. The third-order valence-electron chi connectivity index (χ3n) is 2.60. The molecule has 1 aromatic carbocycles. The van der Waals surface area contributed by atoms with E-state index >= 15 is 0 Å². The average Bonchev–Trinajstić information content (AvgIpc) is 2.60. The van der Waals surface area contributed by atoms with Crippen LogP contribution in [-0.4, -0.2) is 29.1 Å². The van der Waals surface area contributed by atoms with E-state index in [1.807, 2.05) is 31.2 Å². The quantitative estimate of drug-likeness (QED) is 0.846. The molecular formula is C13H14N2O2S. The first-order valence-corrected chi connectivity index (χ1v) is 6.45. The van der Waals surface area contributed by atoms with E-state index < -0.39 is 0 Å². The van der Waals surface area contributed by atoms with Crippen molar-refractivity contribution in [2.75, 3.05) is 13.1 Å². The van der Waals surface area contributed by atoms with Gasteiger partial charge in [-0.1, -0.05) is 29.8 Å². The summed E-state index contributed by atoms with van der Waals surface area (Å²) in [6.07, 6.45) is 1.74. The van der Waals surface area contributed by atoms with E-state index in [-0.39, 0.29) is 24.2 Å². The number of amides is 2. The largest absolute Gasteiger partial charge is 0.329 e. The number of thioether (sulfide) groups is 1. The summed E-state index contributed by atoms with van der Waals surface area (Å²) in [5.41, 5.74) is 7.44. The molecule has 1 heterocycles. The van der Waals surface area contributed by atoms with Crippen LogP contribution in [0.3, 0.4) is 0 Å². The lowest BCUT2D eigenvalue weighted by Gasteiger charge is -2.09. The Bertz CT molecular complexity index is 508. The highest BCUT2D eigenvalue weighted by Crippen LogP contribution is 2.31. The molecular weight excluding hydrogens is 248 g/mol. The summed E-state index contributed by atoms with van der Waals surface area (Å²) in [6.45, 7) is 2.56. The average molecular weight is 262 g/mol. The Morgan fingerprint density at radius 3 is 2.56 bits per heavy atom. The second-order valence-electron chi connectivity index (χ2n) is 4.03. The molecule has 2 N–H and O–H groups in total. The highest BCUT2D eigenvalue weighted by Gasteiger charge is 2.34. The molecule has 0 aliphatic carbocycles. The molecule has 94 valence electrons. The standard InChI is InChI=1S/C13H14N2O2S/c1-9-2-4-10(5-3-9)8-11-12(16)15(7-6-14)13(17)18-11/h2-5,8H,6-7,14H2,1H3/b11-8-. The zero-order valence-electron chi connectivity index (χ0n) is 10.1. The minimum absolute atomic E-state index is 0.246. The van der Waals surface area contributed by atoms with Gasteiger partial charge in [0.15, 0.2) is 0 Å². The fourth-order valence-electron chi connectivity index (χ4n) is 1.64. The zero-order valence-corrected chi connectivity index (χ0v) is 10.9. The summed E-state index contributed by atoms with van der Waals surface area (Å²) in [5.74, 6) is -0.254. The van der Waals surface area contributed by atoms with Crippen molar-refractivity contribution < 1.29 is 9.59 Å². The van der Waals surface area contributed by atoms with Crippen molar-refractivity contribution in [3.05, 3.63) is 40.3 Å². The van der Waals surface area contributed by atoms with E-state index in [0.29, 0.717) is 4.91 Å². The van der Waals surface area contributed by atoms with Crippen molar-refractivity contribution in [3.8, 4) is 0 Å². The number of nitrogens with zero attached hydrogens (tertiary/aromatic N) is 1. The van der Waals surface area contributed by atoms with Crippen LogP contribution < -0.4 is 5.73 Å². The van der Waals surface area contributed by atoms with E-state index in [4.69, 9.17) is 5.73 Å². The molecule has 0 aromatic heterocycles. The number of imide groups is 1. The number of aryl methyl sites for hydroxylation is 1. The summed E-state index contributed by atoms with van der Waals surface area (Å²) >= 11 is 0.964. The van der Waals surface area contributed by atoms with Crippen LogP contribution in [-0.2, 0) is 4.79 Å². The lowest BCUT2D eigenvalue weighted by atomic mass is 10.1. The zero-order chi connectivity index (χ0) is 13.1. The normalized spacial score (nSPS) is 17.9. The Hall–Kier alpha value is -1.59. The van der Waals surface area contributed by atoms with Gasteiger partial charge in [0.1, 0.15) is 0 Å². The Labute approximate surface area is 110 Å². The second-order valence-corrected chi connectivity index (χ2v) is 5.03. The molecule has 18 heavy (non-hydrogen) atoms. The maximum Gasteiger partial charge on any atom is 0.293 e. The first-order chi connectivity index (χ1) is 8.61. The fourth-order valence-corrected chi connectivity index (χ4v) is 2.50. The monoisotopic (exact) mass is 262 g/mol. The highest BCUT2D eigenvalue weighted by atomic mass is 32.2. The minimum atomic E-state index is -0.254. The Morgan fingerprint density at radius 1 is 1.28 bits per heavy atom. The molecule has 2 amide bonds. The van der Waals surface area contributed by atoms with Gasteiger partial charge in [0.25, 0.3) is 11.1 Å². The van der Waals surface area contributed by atoms with Gasteiger partial charge >= 0.3 is 0 Å². The lowest BCUT2D eigenvalue weighted by molar-refractivity contribution is -0.122. The SMILES string of the molecule is Cc1ccc(/C=C2\SC(=O)N(CCN)C2=O)cc1. The van der Waals surface area contributed by atoms with Gasteiger partial charge in [-0.05, 0) is 30.3 Å². The van der Waals surface area contributed by atoms with Crippen molar-refractivity contribution >= 4 is 29.0 Å². The van der Waals surface area contributed by atoms with Gasteiger partial charge < -0.3 is 5.73 Å². The fraction of sp³-hybridized carbons (Fsp3) is 0.231. The molecule has 1 aliphatic rings. The highest BCUT2D eigenvalue weighted by molar-refractivity contribution is 8.18. The molecule has 0 bridgehead atoms. The second kappa shape index (κ2) is 5.37. The predicted octanol–water partition coefficient (Wildman–Crippen LogP) is 1.99. The summed E-state index contributed by atoms with van der Waals surface area (Å²) in [5, 5.41) is -0.246. The number of carbonyl (C=O) groups is 2. The topological polar surface area (TPSA) is 63.4 Å². The maximum absolute atomic E-state index is 11.9. The van der Waals surface area contributed by atoms with Crippen molar-refractivity contribution in [2.45, 2.75) is 6.92 Å². The number of benzene rings is 1. The molecule has 0 atom stereocenters. The van der Waals surface area contributed by atoms with E-state index in [1.54, 1.807) is 6.08 Å². The van der Waals surface area contributed by atoms with Crippen molar-refractivity contribution in [1.82, 2.24) is 4.90 Å². The van der Waals surface area contributed by atoms with Gasteiger partial charge in [0.05, 0.1) is 4.91 Å². The Morgan fingerprint density at radius 2 is 1.94 bits per heavy atom. The summed E-state index contributed by atoms with van der Waals surface area (Å²) in [7, 11) is 0. The van der Waals surface area contributed by atoms with Crippen LogP contribution in [0.25, 0.3) is 6.08 Å². The van der Waals surface area contributed by atoms with Crippen LogP contribution in [0.2, 0.25) is 0 Å².